The first-order chi connectivity index (χ1) is 10.1. The van der Waals surface area contributed by atoms with E-state index in [4.69, 9.17) is 5.73 Å². The Morgan fingerprint density at radius 1 is 1.24 bits per heavy atom. The normalized spacial score (nSPS) is 10.1. The fourth-order valence-corrected chi connectivity index (χ4v) is 1.77. The topological polar surface area (TPSA) is 102 Å². The van der Waals surface area contributed by atoms with Crippen molar-refractivity contribution >= 4 is 23.2 Å². The monoisotopic (exact) mass is 287 g/mol. The molecule has 0 aliphatic carbocycles. The largest absolute Gasteiger partial charge is 0.399 e. The molecule has 0 saturated carbocycles. The summed E-state index contributed by atoms with van der Waals surface area (Å²) in [6.07, 6.45) is 3.36. The summed E-state index contributed by atoms with van der Waals surface area (Å²) >= 11 is 0. The second-order valence-corrected chi connectivity index (χ2v) is 4.57. The second-order valence-electron chi connectivity index (χ2n) is 4.57. The number of nitrogens with one attached hydrogen (secondary N) is 2. The first-order valence-electron chi connectivity index (χ1n) is 6.44. The van der Waals surface area contributed by atoms with Crippen LogP contribution in [0.1, 0.15) is 5.56 Å². The molecule has 0 saturated heterocycles. The molecule has 2 rings (SSSR count). The van der Waals surface area contributed by atoms with Crippen LogP contribution in [-0.4, -0.2) is 28.6 Å². The number of hydrogen-bond donors (Lipinski definition) is 3. The molecule has 4 N–H and O–H groups in total. The van der Waals surface area contributed by atoms with E-state index >= 15 is 0 Å². The van der Waals surface area contributed by atoms with Gasteiger partial charge in [-0.1, -0.05) is 12.1 Å². The third-order valence-corrected chi connectivity index (χ3v) is 2.85. The molecule has 21 heavy (non-hydrogen) atoms. The van der Waals surface area contributed by atoms with Crippen molar-refractivity contribution in [1.29, 1.82) is 0 Å². The summed E-state index contributed by atoms with van der Waals surface area (Å²) in [4.78, 5) is 23.1. The number of benzene rings is 1. The SMILES string of the molecule is CNC(=O)Cn1cc(NC(=O)Cc2ccc(N)cc2)cn1. The molecule has 0 unspecified atom stereocenters. The molecule has 0 atom stereocenters. The molecular formula is C14H17N5O2. The van der Waals surface area contributed by atoms with Gasteiger partial charge in [-0.2, -0.15) is 5.10 Å². The summed E-state index contributed by atoms with van der Waals surface area (Å²) in [7, 11) is 1.56. The summed E-state index contributed by atoms with van der Waals surface area (Å²) in [5.74, 6) is -0.308. The van der Waals surface area contributed by atoms with Crippen molar-refractivity contribution in [1.82, 2.24) is 15.1 Å². The molecule has 0 fully saturated rings. The summed E-state index contributed by atoms with van der Waals surface area (Å²) in [5, 5.41) is 9.24. The Hall–Kier alpha value is -2.83. The van der Waals surface area contributed by atoms with Gasteiger partial charge in [-0.3, -0.25) is 14.3 Å². The third kappa shape index (κ3) is 4.34. The Bertz CT molecular complexity index is 633. The highest BCUT2D eigenvalue weighted by Gasteiger charge is 2.07. The number of aromatic nitrogens is 2. The number of nitrogen functional groups attached to an aromatic ring is 1. The van der Waals surface area contributed by atoms with E-state index in [1.165, 1.54) is 10.9 Å². The number of likely N-dealkylation sites (N-methyl/N-ethyl adjacent to an activating group) is 1. The molecule has 2 aromatic rings. The number of rotatable bonds is 5. The summed E-state index contributed by atoms with van der Waals surface area (Å²) < 4.78 is 1.46. The van der Waals surface area contributed by atoms with E-state index in [0.29, 0.717) is 11.4 Å². The van der Waals surface area contributed by atoms with Gasteiger partial charge in [0.1, 0.15) is 6.54 Å². The molecule has 1 heterocycles. The Kier molecular flexibility index (Phi) is 4.55. The first-order valence-corrected chi connectivity index (χ1v) is 6.44. The maximum Gasteiger partial charge on any atom is 0.241 e. The number of carbonyl (C=O) groups is 2. The standard InChI is InChI=1S/C14H17N5O2/c1-16-14(21)9-19-8-12(7-17-19)18-13(20)6-10-2-4-11(15)5-3-10/h2-5,7-8H,6,9,15H2,1H3,(H,16,21)(H,18,20). The van der Waals surface area contributed by atoms with E-state index in [-0.39, 0.29) is 24.8 Å². The van der Waals surface area contributed by atoms with E-state index in [9.17, 15) is 9.59 Å². The minimum Gasteiger partial charge on any atom is -0.399 e. The number of nitrogens with zero attached hydrogens (tertiary/aromatic N) is 2. The maximum absolute atomic E-state index is 11.9. The van der Waals surface area contributed by atoms with E-state index in [2.05, 4.69) is 15.7 Å². The summed E-state index contributed by atoms with van der Waals surface area (Å²) in [6, 6.07) is 7.13. The predicted octanol–water partition coefficient (Wildman–Crippen LogP) is 0.392. The Labute approximate surface area is 122 Å². The van der Waals surface area contributed by atoms with E-state index in [0.717, 1.165) is 5.56 Å². The highest BCUT2D eigenvalue weighted by molar-refractivity contribution is 5.92. The Morgan fingerprint density at radius 2 is 1.95 bits per heavy atom. The smallest absolute Gasteiger partial charge is 0.241 e. The van der Waals surface area contributed by atoms with Gasteiger partial charge >= 0.3 is 0 Å². The van der Waals surface area contributed by atoms with Gasteiger partial charge in [0.2, 0.25) is 11.8 Å². The van der Waals surface area contributed by atoms with Gasteiger partial charge in [-0.05, 0) is 17.7 Å². The zero-order chi connectivity index (χ0) is 15.2. The van der Waals surface area contributed by atoms with Crippen LogP contribution < -0.4 is 16.4 Å². The molecule has 7 heteroatoms. The second kappa shape index (κ2) is 6.56. The van der Waals surface area contributed by atoms with Gasteiger partial charge < -0.3 is 16.4 Å². The molecule has 0 bridgehead atoms. The lowest BCUT2D eigenvalue weighted by Gasteiger charge is -2.03. The number of hydrogen-bond acceptors (Lipinski definition) is 4. The van der Waals surface area contributed by atoms with Crippen molar-refractivity contribution in [3.8, 4) is 0 Å². The van der Waals surface area contributed by atoms with Crippen LogP contribution >= 0.6 is 0 Å². The number of nitrogens with two attached hydrogens (primary N) is 1. The Balaban J connectivity index is 1.90. The van der Waals surface area contributed by atoms with Crippen LogP contribution in [0.15, 0.2) is 36.7 Å². The van der Waals surface area contributed by atoms with Crippen LogP contribution in [0.3, 0.4) is 0 Å². The van der Waals surface area contributed by atoms with Gasteiger partial charge in [0.15, 0.2) is 0 Å². The van der Waals surface area contributed by atoms with Crippen molar-refractivity contribution < 1.29 is 9.59 Å². The van der Waals surface area contributed by atoms with Crippen molar-refractivity contribution in [3.63, 3.8) is 0 Å². The van der Waals surface area contributed by atoms with E-state index in [1.807, 2.05) is 12.1 Å². The average Bonchev–Trinajstić information content (AvgIpc) is 2.88. The molecule has 0 spiro atoms. The van der Waals surface area contributed by atoms with Gasteiger partial charge in [0, 0.05) is 18.9 Å². The molecule has 0 radical (unpaired) electrons. The zero-order valence-corrected chi connectivity index (χ0v) is 11.7. The van der Waals surface area contributed by atoms with Crippen LogP contribution in [0.25, 0.3) is 0 Å². The van der Waals surface area contributed by atoms with Gasteiger partial charge in [-0.15, -0.1) is 0 Å². The minimum atomic E-state index is -0.155. The first kappa shape index (κ1) is 14.6. The fourth-order valence-electron chi connectivity index (χ4n) is 1.77. The Morgan fingerprint density at radius 3 is 2.62 bits per heavy atom. The summed E-state index contributed by atoms with van der Waals surface area (Å²) in [5.41, 5.74) is 7.68. The lowest BCUT2D eigenvalue weighted by Crippen LogP contribution is -2.23. The number of amides is 2. The van der Waals surface area contributed by atoms with Crippen LogP contribution in [0.2, 0.25) is 0 Å². The van der Waals surface area contributed by atoms with Crippen LogP contribution in [0, 0.1) is 0 Å². The van der Waals surface area contributed by atoms with Crippen LogP contribution in [0.5, 0.6) is 0 Å². The van der Waals surface area contributed by atoms with Crippen molar-refractivity contribution in [2.24, 2.45) is 0 Å². The van der Waals surface area contributed by atoms with Gasteiger partial charge in [0.25, 0.3) is 0 Å². The quantitative estimate of drug-likeness (QED) is 0.692. The van der Waals surface area contributed by atoms with E-state index < -0.39 is 0 Å². The third-order valence-electron chi connectivity index (χ3n) is 2.85. The molecule has 0 aliphatic heterocycles. The average molecular weight is 287 g/mol. The molecule has 110 valence electrons. The van der Waals surface area contributed by atoms with Crippen LogP contribution in [-0.2, 0) is 22.6 Å². The summed E-state index contributed by atoms with van der Waals surface area (Å²) in [6.45, 7) is 0.115. The predicted molar refractivity (Wildman–Crippen MR) is 79.5 cm³/mol. The van der Waals surface area contributed by atoms with Crippen molar-refractivity contribution in [3.05, 3.63) is 42.2 Å². The number of carbonyl (C=O) groups excluding carboxylic acids is 2. The van der Waals surface area contributed by atoms with E-state index in [1.54, 1.807) is 25.4 Å². The van der Waals surface area contributed by atoms with Gasteiger partial charge in [-0.25, -0.2) is 0 Å². The van der Waals surface area contributed by atoms with Gasteiger partial charge in [0.05, 0.1) is 18.3 Å². The lowest BCUT2D eigenvalue weighted by molar-refractivity contribution is -0.121. The highest BCUT2D eigenvalue weighted by Crippen LogP contribution is 2.09. The lowest BCUT2D eigenvalue weighted by atomic mass is 10.1. The van der Waals surface area contributed by atoms with Crippen molar-refractivity contribution in [2.75, 3.05) is 18.1 Å². The maximum atomic E-state index is 11.9. The zero-order valence-electron chi connectivity index (χ0n) is 11.7. The minimum absolute atomic E-state index is 0.115. The number of anilines is 2. The highest BCUT2D eigenvalue weighted by atomic mass is 16.2. The molecule has 1 aromatic heterocycles. The van der Waals surface area contributed by atoms with Crippen molar-refractivity contribution in [2.45, 2.75) is 13.0 Å². The van der Waals surface area contributed by atoms with Crippen LogP contribution in [0.4, 0.5) is 11.4 Å². The molecule has 7 nitrogen and oxygen atoms in total. The fraction of sp³-hybridized carbons (Fsp3) is 0.214. The molecular weight excluding hydrogens is 270 g/mol. The molecule has 1 aromatic carbocycles. The molecule has 0 aliphatic rings. The molecule has 2 amide bonds.